The first-order chi connectivity index (χ1) is 7.80. The van der Waals surface area contributed by atoms with Gasteiger partial charge in [0.2, 0.25) is 10.0 Å². The molecule has 0 aromatic heterocycles. The van der Waals surface area contributed by atoms with Crippen LogP contribution in [-0.4, -0.2) is 37.4 Å². The minimum atomic E-state index is -3.76. The molecule has 1 aromatic carbocycles. The molecule has 5 nitrogen and oxygen atoms in total. The van der Waals surface area contributed by atoms with E-state index in [1.807, 2.05) is 0 Å². The second-order valence-electron chi connectivity index (χ2n) is 3.37. The Labute approximate surface area is 98.5 Å². The third-order valence-corrected chi connectivity index (χ3v) is 4.25. The number of sulfonamides is 1. The molecule has 0 heterocycles. The van der Waals surface area contributed by atoms with Crippen molar-refractivity contribution in [3.63, 3.8) is 0 Å². The number of nitrogens with zero attached hydrogens (tertiary/aromatic N) is 1. The summed E-state index contributed by atoms with van der Waals surface area (Å²) in [7, 11) is -2.40. The molecule has 0 amide bonds. The highest BCUT2D eigenvalue weighted by Gasteiger charge is 2.22. The van der Waals surface area contributed by atoms with E-state index >= 15 is 0 Å². The van der Waals surface area contributed by atoms with E-state index in [9.17, 15) is 17.6 Å². The van der Waals surface area contributed by atoms with Crippen molar-refractivity contribution in [3.05, 3.63) is 29.6 Å². The molecule has 0 unspecified atom stereocenters. The summed E-state index contributed by atoms with van der Waals surface area (Å²) in [5, 5.41) is 8.70. The number of benzene rings is 1. The molecule has 7 heteroatoms. The average Bonchev–Trinajstić information content (AvgIpc) is 2.27. The number of rotatable bonds is 4. The Morgan fingerprint density at radius 2 is 2.06 bits per heavy atom. The van der Waals surface area contributed by atoms with Gasteiger partial charge in [0.25, 0.3) is 0 Å². The Morgan fingerprint density at radius 1 is 1.47 bits per heavy atom. The van der Waals surface area contributed by atoms with Gasteiger partial charge >= 0.3 is 5.97 Å². The van der Waals surface area contributed by atoms with Crippen molar-refractivity contribution in [1.82, 2.24) is 4.31 Å². The summed E-state index contributed by atoms with van der Waals surface area (Å²) < 4.78 is 37.9. The monoisotopic (exact) mass is 261 g/mol. The first-order valence-electron chi connectivity index (χ1n) is 4.80. The molecule has 1 rings (SSSR count). The van der Waals surface area contributed by atoms with Crippen molar-refractivity contribution in [2.75, 3.05) is 13.6 Å². The fraction of sp³-hybridized carbons (Fsp3) is 0.300. The number of hydrogen-bond acceptors (Lipinski definition) is 3. The molecule has 0 spiro atoms. The summed E-state index contributed by atoms with van der Waals surface area (Å²) in [5.74, 6) is -2.46. The Kier molecular flexibility index (Phi) is 3.84. The molecule has 94 valence electrons. The smallest absolute Gasteiger partial charge is 0.338 e. The SMILES string of the molecule is CCN(C)S(=O)(=O)c1ccc(F)c(C(=O)O)c1. The number of carboxylic acid groups (broad SMARTS) is 1. The van der Waals surface area contributed by atoms with Gasteiger partial charge in [-0.25, -0.2) is 21.9 Å². The van der Waals surface area contributed by atoms with Crippen LogP contribution in [0.4, 0.5) is 4.39 Å². The quantitative estimate of drug-likeness (QED) is 0.882. The molecule has 0 aliphatic carbocycles. The predicted octanol–water partition coefficient (Wildman–Crippen LogP) is 1.16. The Balaban J connectivity index is 3.35. The first-order valence-corrected chi connectivity index (χ1v) is 6.24. The van der Waals surface area contributed by atoms with E-state index in [0.717, 1.165) is 22.5 Å². The van der Waals surface area contributed by atoms with Gasteiger partial charge in [-0.15, -0.1) is 0 Å². The van der Waals surface area contributed by atoms with Gasteiger partial charge < -0.3 is 5.11 Å². The van der Waals surface area contributed by atoms with Crippen molar-refractivity contribution in [3.8, 4) is 0 Å². The van der Waals surface area contributed by atoms with Gasteiger partial charge in [-0.05, 0) is 18.2 Å². The third-order valence-electron chi connectivity index (χ3n) is 2.32. The number of carboxylic acids is 1. The van der Waals surface area contributed by atoms with E-state index in [4.69, 9.17) is 5.11 Å². The van der Waals surface area contributed by atoms with Gasteiger partial charge in [0.05, 0.1) is 10.5 Å². The summed E-state index contributed by atoms with van der Waals surface area (Å²) in [4.78, 5) is 10.5. The third kappa shape index (κ3) is 2.62. The zero-order valence-electron chi connectivity index (χ0n) is 9.34. The molecule has 1 aromatic rings. The van der Waals surface area contributed by atoms with Gasteiger partial charge in [-0.1, -0.05) is 6.92 Å². The Morgan fingerprint density at radius 3 is 2.53 bits per heavy atom. The maximum atomic E-state index is 13.1. The predicted molar refractivity (Wildman–Crippen MR) is 58.8 cm³/mol. The molecule has 0 radical (unpaired) electrons. The maximum absolute atomic E-state index is 13.1. The van der Waals surface area contributed by atoms with Crippen LogP contribution in [0.15, 0.2) is 23.1 Å². The molecule has 0 fully saturated rings. The Hall–Kier alpha value is -1.47. The number of hydrogen-bond donors (Lipinski definition) is 1. The van der Waals surface area contributed by atoms with E-state index in [1.165, 1.54) is 7.05 Å². The molecule has 0 aliphatic rings. The standard InChI is InChI=1S/C10H12FNO4S/c1-3-12(2)17(15,16)7-4-5-9(11)8(6-7)10(13)14/h4-6H,3H2,1-2H3,(H,13,14). The number of carbonyl (C=O) groups is 1. The molecule has 0 bridgehead atoms. The largest absolute Gasteiger partial charge is 0.478 e. The van der Waals surface area contributed by atoms with Crippen LogP contribution < -0.4 is 0 Å². The van der Waals surface area contributed by atoms with Crippen molar-refractivity contribution in [2.45, 2.75) is 11.8 Å². The topological polar surface area (TPSA) is 74.7 Å². The second kappa shape index (κ2) is 4.80. The molecule has 0 atom stereocenters. The lowest BCUT2D eigenvalue weighted by Crippen LogP contribution is -2.26. The average molecular weight is 261 g/mol. The lowest BCUT2D eigenvalue weighted by molar-refractivity contribution is 0.0691. The first kappa shape index (κ1) is 13.6. The normalized spacial score (nSPS) is 11.8. The van der Waals surface area contributed by atoms with Gasteiger partial charge in [0.15, 0.2) is 0 Å². The molecule has 1 N–H and O–H groups in total. The fourth-order valence-electron chi connectivity index (χ4n) is 1.18. The van der Waals surface area contributed by atoms with E-state index in [2.05, 4.69) is 0 Å². The molecular weight excluding hydrogens is 249 g/mol. The van der Waals surface area contributed by atoms with Crippen LogP contribution in [0.25, 0.3) is 0 Å². The molecule has 0 saturated heterocycles. The van der Waals surface area contributed by atoms with Crippen LogP contribution in [0.3, 0.4) is 0 Å². The van der Waals surface area contributed by atoms with Crippen LogP contribution in [0.1, 0.15) is 17.3 Å². The Bertz CT molecular complexity index is 541. The van der Waals surface area contributed by atoms with Crippen LogP contribution in [-0.2, 0) is 10.0 Å². The van der Waals surface area contributed by atoms with Crippen LogP contribution >= 0.6 is 0 Å². The number of halogens is 1. The fourth-order valence-corrected chi connectivity index (χ4v) is 2.39. The lowest BCUT2D eigenvalue weighted by Gasteiger charge is -2.15. The zero-order valence-corrected chi connectivity index (χ0v) is 10.2. The molecular formula is C10H12FNO4S. The van der Waals surface area contributed by atoms with Crippen molar-refractivity contribution >= 4 is 16.0 Å². The van der Waals surface area contributed by atoms with E-state index in [1.54, 1.807) is 6.92 Å². The van der Waals surface area contributed by atoms with Gasteiger partial charge in [-0.2, -0.15) is 0 Å². The highest BCUT2D eigenvalue weighted by atomic mass is 32.2. The summed E-state index contributed by atoms with van der Waals surface area (Å²) in [6.07, 6.45) is 0. The van der Waals surface area contributed by atoms with Crippen LogP contribution in [0.2, 0.25) is 0 Å². The highest BCUT2D eigenvalue weighted by molar-refractivity contribution is 7.89. The van der Waals surface area contributed by atoms with E-state index in [-0.39, 0.29) is 11.4 Å². The van der Waals surface area contributed by atoms with Gasteiger partial charge in [0.1, 0.15) is 5.82 Å². The summed E-state index contributed by atoms with van der Waals surface area (Å²) >= 11 is 0. The highest BCUT2D eigenvalue weighted by Crippen LogP contribution is 2.18. The van der Waals surface area contributed by atoms with Gasteiger partial charge in [-0.3, -0.25) is 0 Å². The second-order valence-corrected chi connectivity index (χ2v) is 5.41. The summed E-state index contributed by atoms with van der Waals surface area (Å²) in [5.41, 5.74) is -0.657. The summed E-state index contributed by atoms with van der Waals surface area (Å²) in [6, 6.07) is 2.70. The van der Waals surface area contributed by atoms with Crippen LogP contribution in [0, 0.1) is 5.82 Å². The molecule has 0 aliphatic heterocycles. The van der Waals surface area contributed by atoms with Gasteiger partial charge in [0, 0.05) is 13.6 Å². The van der Waals surface area contributed by atoms with Crippen molar-refractivity contribution in [1.29, 1.82) is 0 Å². The molecule has 17 heavy (non-hydrogen) atoms. The van der Waals surface area contributed by atoms with Crippen molar-refractivity contribution < 1.29 is 22.7 Å². The zero-order chi connectivity index (χ0) is 13.2. The molecule has 0 saturated carbocycles. The lowest BCUT2D eigenvalue weighted by atomic mass is 10.2. The summed E-state index contributed by atoms with van der Waals surface area (Å²) in [6.45, 7) is 1.88. The minimum absolute atomic E-state index is 0.236. The minimum Gasteiger partial charge on any atom is -0.478 e. The maximum Gasteiger partial charge on any atom is 0.338 e. The number of aromatic carboxylic acids is 1. The van der Waals surface area contributed by atoms with Crippen LogP contribution in [0.5, 0.6) is 0 Å². The van der Waals surface area contributed by atoms with Crippen molar-refractivity contribution in [2.24, 2.45) is 0 Å². The van der Waals surface area contributed by atoms with E-state index in [0.29, 0.717) is 0 Å². The van der Waals surface area contributed by atoms with E-state index < -0.39 is 27.4 Å².